The molecule has 116 valence electrons. The van der Waals surface area contributed by atoms with Crippen LogP contribution in [0.3, 0.4) is 0 Å². The van der Waals surface area contributed by atoms with Gasteiger partial charge in [-0.2, -0.15) is 5.10 Å². The maximum Gasteiger partial charge on any atom is 0.223 e. The van der Waals surface area contributed by atoms with Gasteiger partial charge in [-0.1, -0.05) is 37.3 Å². The molecule has 1 atom stereocenters. The smallest absolute Gasteiger partial charge is 0.223 e. The monoisotopic (exact) mass is 297 g/mol. The van der Waals surface area contributed by atoms with Gasteiger partial charge in [0.25, 0.3) is 0 Å². The summed E-state index contributed by atoms with van der Waals surface area (Å²) >= 11 is 0. The molecule has 0 saturated heterocycles. The standard InChI is InChI=1S/C18H23N3O/c1-12(11-16-13(2)20-21-14(16)3)17(22)19-18(9-10-18)15-7-5-4-6-8-15/h4-8,12H,9-11H2,1-3H3,(H,19,22)(H,20,21)/t12-/m1/s1. The van der Waals surface area contributed by atoms with E-state index in [-0.39, 0.29) is 17.4 Å². The largest absolute Gasteiger partial charge is 0.346 e. The van der Waals surface area contributed by atoms with Crippen LogP contribution in [0.4, 0.5) is 0 Å². The minimum Gasteiger partial charge on any atom is -0.346 e. The van der Waals surface area contributed by atoms with E-state index in [0.717, 1.165) is 36.2 Å². The fourth-order valence-electron chi connectivity index (χ4n) is 3.00. The molecule has 0 spiro atoms. The van der Waals surface area contributed by atoms with Crippen LogP contribution >= 0.6 is 0 Å². The number of nitrogens with one attached hydrogen (secondary N) is 2. The van der Waals surface area contributed by atoms with Crippen molar-refractivity contribution < 1.29 is 4.79 Å². The molecule has 2 N–H and O–H groups in total. The topological polar surface area (TPSA) is 57.8 Å². The van der Waals surface area contributed by atoms with Crippen LogP contribution in [0.5, 0.6) is 0 Å². The number of aromatic amines is 1. The Morgan fingerprint density at radius 1 is 1.32 bits per heavy atom. The van der Waals surface area contributed by atoms with Gasteiger partial charge in [-0.15, -0.1) is 0 Å². The van der Waals surface area contributed by atoms with E-state index in [2.05, 4.69) is 27.6 Å². The van der Waals surface area contributed by atoms with Gasteiger partial charge in [-0.25, -0.2) is 0 Å². The van der Waals surface area contributed by atoms with Crippen molar-refractivity contribution in [2.45, 2.75) is 45.6 Å². The number of aryl methyl sites for hydroxylation is 2. The van der Waals surface area contributed by atoms with Gasteiger partial charge in [0.2, 0.25) is 5.91 Å². The summed E-state index contributed by atoms with van der Waals surface area (Å²) in [5.74, 6) is 0.0672. The van der Waals surface area contributed by atoms with Crippen molar-refractivity contribution in [2.75, 3.05) is 0 Å². The minimum atomic E-state index is -0.132. The summed E-state index contributed by atoms with van der Waals surface area (Å²) in [5.41, 5.74) is 4.29. The normalized spacial score (nSPS) is 17.0. The van der Waals surface area contributed by atoms with Gasteiger partial charge >= 0.3 is 0 Å². The summed E-state index contributed by atoms with van der Waals surface area (Å²) in [6.45, 7) is 5.98. The number of hydrogen-bond acceptors (Lipinski definition) is 2. The minimum absolute atomic E-state index is 0.0591. The summed E-state index contributed by atoms with van der Waals surface area (Å²) in [7, 11) is 0. The van der Waals surface area contributed by atoms with Crippen LogP contribution in [0, 0.1) is 19.8 Å². The predicted octanol–water partition coefficient (Wildman–Crippen LogP) is 3.01. The zero-order valence-electron chi connectivity index (χ0n) is 13.4. The highest BCUT2D eigenvalue weighted by Gasteiger charge is 2.45. The van der Waals surface area contributed by atoms with Crippen LogP contribution in [0.2, 0.25) is 0 Å². The Balaban J connectivity index is 1.67. The quantitative estimate of drug-likeness (QED) is 0.891. The Bertz CT molecular complexity index is 651. The lowest BCUT2D eigenvalue weighted by Crippen LogP contribution is -2.38. The van der Waals surface area contributed by atoms with Gasteiger partial charge in [0.15, 0.2) is 0 Å². The Kier molecular flexibility index (Phi) is 3.77. The van der Waals surface area contributed by atoms with Gasteiger partial charge in [-0.05, 0) is 44.2 Å². The zero-order valence-corrected chi connectivity index (χ0v) is 13.4. The van der Waals surface area contributed by atoms with E-state index < -0.39 is 0 Å². The first kappa shape index (κ1) is 14.8. The number of nitrogens with zero attached hydrogens (tertiary/aromatic N) is 1. The Labute approximate surface area is 131 Å². The molecular formula is C18H23N3O. The SMILES string of the molecule is Cc1n[nH]c(C)c1C[C@@H](C)C(=O)NC1(c2ccccc2)CC1. The molecule has 1 saturated carbocycles. The van der Waals surface area contributed by atoms with Crippen molar-refractivity contribution in [1.82, 2.24) is 15.5 Å². The van der Waals surface area contributed by atoms with E-state index in [0.29, 0.717) is 0 Å². The summed E-state index contributed by atoms with van der Waals surface area (Å²) in [6.07, 6.45) is 2.78. The molecule has 0 unspecified atom stereocenters. The van der Waals surface area contributed by atoms with E-state index in [1.807, 2.05) is 39.0 Å². The summed E-state index contributed by atoms with van der Waals surface area (Å²) in [5, 5.41) is 10.5. The number of rotatable bonds is 5. The van der Waals surface area contributed by atoms with Crippen LogP contribution in [-0.4, -0.2) is 16.1 Å². The number of hydrogen-bond donors (Lipinski definition) is 2. The molecule has 1 aliphatic rings. The lowest BCUT2D eigenvalue weighted by atomic mass is 9.97. The lowest BCUT2D eigenvalue weighted by Gasteiger charge is -2.21. The average molecular weight is 297 g/mol. The van der Waals surface area contributed by atoms with Crippen LogP contribution in [0.1, 0.15) is 42.3 Å². The molecule has 4 heteroatoms. The molecule has 1 amide bonds. The number of aromatic nitrogens is 2. The van der Waals surface area contributed by atoms with Crippen molar-refractivity contribution in [3.05, 3.63) is 52.8 Å². The highest BCUT2D eigenvalue weighted by Crippen LogP contribution is 2.45. The van der Waals surface area contributed by atoms with E-state index in [1.54, 1.807) is 0 Å². The highest BCUT2D eigenvalue weighted by atomic mass is 16.2. The van der Waals surface area contributed by atoms with Crippen LogP contribution in [0.25, 0.3) is 0 Å². The molecule has 0 bridgehead atoms. The molecule has 1 fully saturated rings. The molecule has 0 radical (unpaired) electrons. The molecule has 1 aromatic carbocycles. The van der Waals surface area contributed by atoms with Gasteiger partial charge in [0.05, 0.1) is 11.2 Å². The maximum atomic E-state index is 12.6. The molecule has 22 heavy (non-hydrogen) atoms. The van der Waals surface area contributed by atoms with Crippen molar-refractivity contribution in [3.8, 4) is 0 Å². The second-order valence-electron chi connectivity index (χ2n) is 6.46. The first-order valence-electron chi connectivity index (χ1n) is 7.90. The molecular weight excluding hydrogens is 274 g/mol. The van der Waals surface area contributed by atoms with Crippen molar-refractivity contribution in [1.29, 1.82) is 0 Å². The first-order chi connectivity index (χ1) is 10.5. The molecule has 4 nitrogen and oxygen atoms in total. The van der Waals surface area contributed by atoms with Gasteiger partial charge < -0.3 is 5.32 Å². The van der Waals surface area contributed by atoms with E-state index in [4.69, 9.17) is 0 Å². The van der Waals surface area contributed by atoms with E-state index >= 15 is 0 Å². The Morgan fingerprint density at radius 3 is 2.55 bits per heavy atom. The molecule has 1 heterocycles. The van der Waals surface area contributed by atoms with Crippen molar-refractivity contribution >= 4 is 5.91 Å². The Hall–Kier alpha value is -2.10. The third-order valence-corrected chi connectivity index (χ3v) is 4.68. The van der Waals surface area contributed by atoms with Gasteiger partial charge in [0, 0.05) is 11.6 Å². The van der Waals surface area contributed by atoms with Crippen LogP contribution < -0.4 is 5.32 Å². The van der Waals surface area contributed by atoms with Crippen LogP contribution in [-0.2, 0) is 16.8 Å². The third kappa shape index (κ3) is 2.78. The molecule has 1 aliphatic carbocycles. The first-order valence-corrected chi connectivity index (χ1v) is 7.90. The second-order valence-corrected chi connectivity index (χ2v) is 6.46. The highest BCUT2D eigenvalue weighted by molar-refractivity contribution is 5.80. The summed E-state index contributed by atoms with van der Waals surface area (Å²) < 4.78 is 0. The second kappa shape index (κ2) is 5.59. The molecule has 1 aromatic heterocycles. The van der Waals surface area contributed by atoms with E-state index in [9.17, 15) is 4.79 Å². The predicted molar refractivity (Wildman–Crippen MR) is 86.4 cm³/mol. The lowest BCUT2D eigenvalue weighted by molar-refractivity contribution is -0.125. The molecule has 0 aliphatic heterocycles. The summed E-state index contributed by atoms with van der Waals surface area (Å²) in [4.78, 5) is 12.6. The van der Waals surface area contributed by atoms with Crippen molar-refractivity contribution in [2.24, 2.45) is 5.92 Å². The average Bonchev–Trinajstić information content (AvgIpc) is 3.24. The maximum absolute atomic E-state index is 12.6. The van der Waals surface area contributed by atoms with Crippen molar-refractivity contribution in [3.63, 3.8) is 0 Å². The summed E-state index contributed by atoms with van der Waals surface area (Å²) in [6, 6.07) is 10.3. The van der Waals surface area contributed by atoms with E-state index in [1.165, 1.54) is 5.56 Å². The van der Waals surface area contributed by atoms with Crippen LogP contribution in [0.15, 0.2) is 30.3 Å². The van der Waals surface area contributed by atoms with Gasteiger partial charge in [-0.3, -0.25) is 9.89 Å². The fourth-order valence-corrected chi connectivity index (χ4v) is 3.00. The zero-order chi connectivity index (χ0) is 15.7. The number of amides is 1. The van der Waals surface area contributed by atoms with Gasteiger partial charge in [0.1, 0.15) is 0 Å². The molecule has 3 rings (SSSR count). The number of carbonyl (C=O) groups is 1. The molecule has 2 aromatic rings. The number of carbonyl (C=O) groups excluding carboxylic acids is 1. The number of H-pyrrole nitrogens is 1. The number of benzene rings is 1. The fraction of sp³-hybridized carbons (Fsp3) is 0.444. The Morgan fingerprint density at radius 2 is 2.00 bits per heavy atom. The third-order valence-electron chi connectivity index (χ3n) is 4.68.